The summed E-state index contributed by atoms with van der Waals surface area (Å²) in [7, 11) is 0. The first-order valence-electron chi connectivity index (χ1n) is 23.4. The number of aliphatic hydroxyl groups excluding tert-OH is 3. The van der Waals surface area contributed by atoms with Crippen LogP contribution < -0.4 is 5.32 Å². The van der Waals surface area contributed by atoms with Crippen LogP contribution in [0, 0.1) is 0 Å². The van der Waals surface area contributed by atoms with Crippen molar-refractivity contribution < 1.29 is 20.1 Å². The Kier molecular flexibility index (Phi) is 42.7. The van der Waals surface area contributed by atoms with E-state index < -0.39 is 18.2 Å². The van der Waals surface area contributed by atoms with Gasteiger partial charge in [0.25, 0.3) is 0 Å². The Morgan fingerprint density at radius 3 is 1.19 bits per heavy atom. The van der Waals surface area contributed by atoms with Crippen LogP contribution in [0.3, 0.4) is 0 Å². The Morgan fingerprint density at radius 1 is 0.463 bits per heavy atom. The summed E-state index contributed by atoms with van der Waals surface area (Å²) in [5, 5.41) is 33.2. The van der Waals surface area contributed by atoms with E-state index in [1.807, 2.05) is 6.08 Å². The van der Waals surface area contributed by atoms with E-state index in [4.69, 9.17) is 0 Å². The van der Waals surface area contributed by atoms with Crippen LogP contribution in [0.1, 0.15) is 232 Å². The molecule has 0 aliphatic heterocycles. The molecule has 0 aliphatic carbocycles. The third-order valence-corrected chi connectivity index (χ3v) is 10.6. The van der Waals surface area contributed by atoms with Gasteiger partial charge in [0, 0.05) is 0 Å². The molecule has 0 radical (unpaired) electrons. The highest BCUT2D eigenvalue weighted by Gasteiger charge is 2.20. The molecule has 3 atom stereocenters. The van der Waals surface area contributed by atoms with Gasteiger partial charge in [0.15, 0.2) is 0 Å². The maximum absolute atomic E-state index is 12.4. The summed E-state index contributed by atoms with van der Waals surface area (Å²) in [6, 6.07) is -0.773. The predicted molar refractivity (Wildman–Crippen MR) is 236 cm³/mol. The van der Waals surface area contributed by atoms with E-state index in [2.05, 4.69) is 55.6 Å². The zero-order valence-electron chi connectivity index (χ0n) is 35.8. The summed E-state index contributed by atoms with van der Waals surface area (Å²) in [5.41, 5.74) is 0. The number of hydrogen-bond acceptors (Lipinski definition) is 4. The second-order valence-electron chi connectivity index (χ2n) is 16.0. The topological polar surface area (TPSA) is 89.8 Å². The van der Waals surface area contributed by atoms with E-state index in [9.17, 15) is 20.1 Å². The summed E-state index contributed by atoms with van der Waals surface area (Å²) in [4.78, 5) is 12.4. The Bertz CT molecular complexity index is 881. The molecule has 4 N–H and O–H groups in total. The average Bonchev–Trinajstić information content (AvgIpc) is 3.16. The van der Waals surface area contributed by atoms with Crippen molar-refractivity contribution in [1.29, 1.82) is 0 Å². The number of rotatable bonds is 42. The van der Waals surface area contributed by atoms with Gasteiger partial charge in [-0.05, 0) is 70.6 Å². The number of carbonyl (C=O) groups is 1. The van der Waals surface area contributed by atoms with Crippen molar-refractivity contribution in [1.82, 2.24) is 5.32 Å². The summed E-state index contributed by atoms with van der Waals surface area (Å²) in [6.07, 6.45) is 57.0. The van der Waals surface area contributed by atoms with Crippen LogP contribution in [0.2, 0.25) is 0 Å². The lowest BCUT2D eigenvalue weighted by atomic mass is 10.0. The number of carbonyl (C=O) groups excluding carboxylic acids is 1. The molecule has 0 saturated heterocycles. The van der Waals surface area contributed by atoms with Crippen molar-refractivity contribution in [3.63, 3.8) is 0 Å². The van der Waals surface area contributed by atoms with Crippen molar-refractivity contribution in [3.8, 4) is 0 Å². The molecule has 0 saturated carbocycles. The molecule has 1 amide bonds. The SMILES string of the molecule is CCCCCCCCC/C=C\CCCCCC(O)CC(=O)NC(CO)C(O)/C=C/CC/C=C/CC/C=C/CCCCCCCCCCCCCCCCC. The van der Waals surface area contributed by atoms with Gasteiger partial charge < -0.3 is 20.6 Å². The number of allylic oxidation sites excluding steroid dienone is 7. The lowest BCUT2D eigenvalue weighted by Gasteiger charge is -2.20. The normalized spacial score (nSPS) is 13.9. The fourth-order valence-electron chi connectivity index (χ4n) is 6.95. The van der Waals surface area contributed by atoms with E-state index in [-0.39, 0.29) is 18.9 Å². The molecule has 0 aromatic heterocycles. The van der Waals surface area contributed by atoms with Gasteiger partial charge in [-0.2, -0.15) is 0 Å². The molecule has 3 unspecified atom stereocenters. The molecule has 0 spiro atoms. The van der Waals surface area contributed by atoms with Crippen LogP contribution >= 0.6 is 0 Å². The quantitative estimate of drug-likeness (QED) is 0.0369. The maximum atomic E-state index is 12.4. The monoisotopic (exact) mass is 758 g/mol. The zero-order valence-corrected chi connectivity index (χ0v) is 35.8. The Morgan fingerprint density at radius 2 is 0.796 bits per heavy atom. The first-order chi connectivity index (χ1) is 26.5. The summed E-state index contributed by atoms with van der Waals surface area (Å²) >= 11 is 0. The van der Waals surface area contributed by atoms with E-state index in [1.165, 1.54) is 154 Å². The minimum Gasteiger partial charge on any atom is -0.394 e. The highest BCUT2D eigenvalue weighted by atomic mass is 16.3. The number of amides is 1. The number of hydrogen-bond donors (Lipinski definition) is 4. The van der Waals surface area contributed by atoms with Crippen molar-refractivity contribution in [3.05, 3.63) is 48.6 Å². The van der Waals surface area contributed by atoms with E-state index in [0.717, 1.165) is 51.4 Å². The molecule has 0 aromatic carbocycles. The first-order valence-corrected chi connectivity index (χ1v) is 23.4. The van der Waals surface area contributed by atoms with E-state index in [1.54, 1.807) is 6.08 Å². The van der Waals surface area contributed by atoms with Crippen LogP contribution in [-0.2, 0) is 4.79 Å². The van der Waals surface area contributed by atoms with E-state index in [0.29, 0.717) is 6.42 Å². The first kappa shape index (κ1) is 52.3. The van der Waals surface area contributed by atoms with Gasteiger partial charge in [-0.25, -0.2) is 0 Å². The van der Waals surface area contributed by atoms with Crippen LogP contribution in [0.4, 0.5) is 0 Å². The summed E-state index contributed by atoms with van der Waals surface area (Å²) in [5.74, 6) is -0.339. The molecule has 316 valence electrons. The van der Waals surface area contributed by atoms with Gasteiger partial charge >= 0.3 is 0 Å². The molecule has 0 rings (SSSR count). The molecule has 5 heteroatoms. The smallest absolute Gasteiger partial charge is 0.222 e. The van der Waals surface area contributed by atoms with Crippen LogP contribution in [-0.4, -0.2) is 46.1 Å². The van der Waals surface area contributed by atoms with E-state index >= 15 is 0 Å². The molecule has 0 bridgehead atoms. The Hall–Kier alpha value is -1.69. The van der Waals surface area contributed by atoms with Crippen molar-refractivity contribution in [2.75, 3.05) is 6.61 Å². The molecule has 0 fully saturated rings. The summed E-state index contributed by atoms with van der Waals surface area (Å²) in [6.45, 7) is 4.19. The minimum absolute atomic E-state index is 0.00915. The van der Waals surface area contributed by atoms with Gasteiger partial charge in [0.2, 0.25) is 5.91 Å². The molecule has 5 nitrogen and oxygen atoms in total. The lowest BCUT2D eigenvalue weighted by molar-refractivity contribution is -0.124. The molecule has 54 heavy (non-hydrogen) atoms. The third-order valence-electron chi connectivity index (χ3n) is 10.6. The van der Waals surface area contributed by atoms with Gasteiger partial charge in [-0.15, -0.1) is 0 Å². The zero-order chi connectivity index (χ0) is 39.4. The van der Waals surface area contributed by atoms with Crippen LogP contribution in [0.5, 0.6) is 0 Å². The molecular weight excluding hydrogens is 667 g/mol. The van der Waals surface area contributed by atoms with Crippen LogP contribution in [0.15, 0.2) is 48.6 Å². The van der Waals surface area contributed by atoms with Gasteiger partial charge in [-0.3, -0.25) is 4.79 Å². The number of aliphatic hydroxyl groups is 3. The molecule has 0 aromatic rings. The fourth-order valence-corrected chi connectivity index (χ4v) is 6.95. The Balaban J connectivity index is 3.72. The van der Waals surface area contributed by atoms with Gasteiger partial charge in [0.1, 0.15) is 0 Å². The minimum atomic E-state index is -0.964. The second-order valence-corrected chi connectivity index (χ2v) is 16.0. The molecule has 0 heterocycles. The predicted octanol–water partition coefficient (Wildman–Crippen LogP) is 13.7. The maximum Gasteiger partial charge on any atom is 0.222 e. The van der Waals surface area contributed by atoms with Crippen molar-refractivity contribution >= 4 is 5.91 Å². The average molecular weight is 758 g/mol. The largest absolute Gasteiger partial charge is 0.394 e. The Labute approximate surface area is 336 Å². The third kappa shape index (κ3) is 40.0. The molecule has 0 aliphatic rings. The standard InChI is InChI=1S/C49H91NO4/c1-3-5-7-9-11-13-15-17-19-20-21-22-23-24-25-26-27-28-29-31-33-35-37-39-41-43-48(53)47(45-51)50-49(54)44-46(52)42-40-38-36-34-32-30-18-16-14-12-10-8-6-4-2/h27-28,30,32-33,35,41,43,46-48,51-53H,3-26,29,31,34,36-40,42,44-45H2,1-2H3,(H,50,54)/b28-27+,32-30-,35-33+,43-41+. The second kappa shape index (κ2) is 44.0. The highest BCUT2D eigenvalue weighted by Crippen LogP contribution is 2.15. The number of unbranched alkanes of at least 4 members (excludes halogenated alkanes) is 27. The highest BCUT2D eigenvalue weighted by molar-refractivity contribution is 5.76. The van der Waals surface area contributed by atoms with Gasteiger partial charge in [0.05, 0.1) is 31.3 Å². The lowest BCUT2D eigenvalue weighted by Crippen LogP contribution is -2.45. The van der Waals surface area contributed by atoms with Crippen molar-refractivity contribution in [2.24, 2.45) is 0 Å². The van der Waals surface area contributed by atoms with Crippen LogP contribution in [0.25, 0.3) is 0 Å². The fraction of sp³-hybridized carbons (Fsp3) is 0.816. The summed E-state index contributed by atoms with van der Waals surface area (Å²) < 4.78 is 0. The number of nitrogens with one attached hydrogen (secondary N) is 1. The molecular formula is C49H91NO4. The van der Waals surface area contributed by atoms with Gasteiger partial charge in [-0.1, -0.05) is 204 Å². The van der Waals surface area contributed by atoms with Crippen molar-refractivity contribution in [2.45, 2.75) is 250 Å².